The zero-order chi connectivity index (χ0) is 16.4. The van der Waals surface area contributed by atoms with E-state index in [0.717, 1.165) is 11.4 Å². The fourth-order valence-electron chi connectivity index (χ4n) is 2.53. The third-order valence-electron chi connectivity index (χ3n) is 3.64. The van der Waals surface area contributed by atoms with Crippen LogP contribution < -0.4 is 20.1 Å². The van der Waals surface area contributed by atoms with Gasteiger partial charge in [0.1, 0.15) is 16.6 Å². The van der Waals surface area contributed by atoms with Crippen LogP contribution in [0.4, 0.5) is 5.69 Å². The van der Waals surface area contributed by atoms with Crippen LogP contribution in [0, 0.1) is 5.41 Å². The molecule has 1 fully saturated rings. The molecule has 23 heavy (non-hydrogen) atoms. The number of anilines is 1. The molecule has 0 amide bonds. The van der Waals surface area contributed by atoms with Crippen molar-refractivity contribution in [2.45, 2.75) is 10.7 Å². The molecule has 1 saturated heterocycles. The summed E-state index contributed by atoms with van der Waals surface area (Å²) in [5, 5.41) is 8.33. The Bertz CT molecular complexity index is 710. The zero-order valence-corrected chi connectivity index (χ0v) is 13.7. The third-order valence-corrected chi connectivity index (χ3v) is 4.87. The monoisotopic (exact) mass is 330 g/mol. The molecule has 0 bridgehead atoms. The fraction of sp³-hybridized carbons (Fsp3) is 0.250. The average molecular weight is 330 g/mol. The van der Waals surface area contributed by atoms with Crippen LogP contribution in [0.5, 0.6) is 11.5 Å². The first-order chi connectivity index (χ1) is 11.2. The molecule has 1 aliphatic heterocycles. The van der Waals surface area contributed by atoms with E-state index >= 15 is 0 Å². The zero-order valence-electron chi connectivity index (χ0n) is 12.9. The summed E-state index contributed by atoms with van der Waals surface area (Å²) >= 11 is 1.50. The average Bonchev–Trinajstić information content (AvgIpc) is 2.89. The summed E-state index contributed by atoms with van der Waals surface area (Å²) in [6.45, 7) is 0. The summed E-state index contributed by atoms with van der Waals surface area (Å²) in [6.07, 6.45) is 1.73. The number of nitrogens with two attached hydrogens (primary N) is 1. The van der Waals surface area contributed by atoms with Crippen LogP contribution in [0.1, 0.15) is 10.9 Å². The molecule has 0 radical (unpaired) electrons. The van der Waals surface area contributed by atoms with Crippen LogP contribution in [-0.2, 0) is 0 Å². The molecule has 2 heterocycles. The Labute approximate surface area is 139 Å². The highest BCUT2D eigenvalue weighted by molar-refractivity contribution is 8.01. The first kappa shape index (κ1) is 15.6. The second-order valence-electron chi connectivity index (χ2n) is 4.96. The predicted octanol–water partition coefficient (Wildman–Crippen LogP) is 2.61. The van der Waals surface area contributed by atoms with E-state index < -0.39 is 0 Å². The quantitative estimate of drug-likeness (QED) is 0.896. The number of benzene rings is 1. The van der Waals surface area contributed by atoms with E-state index in [0.29, 0.717) is 17.3 Å². The maximum Gasteiger partial charge on any atom is 0.162 e. The highest BCUT2D eigenvalue weighted by Crippen LogP contribution is 2.43. The van der Waals surface area contributed by atoms with Gasteiger partial charge in [0, 0.05) is 18.0 Å². The Morgan fingerprint density at radius 1 is 1.17 bits per heavy atom. The van der Waals surface area contributed by atoms with Gasteiger partial charge in [-0.15, -0.1) is 11.8 Å². The minimum absolute atomic E-state index is 0.181. The second kappa shape index (κ2) is 6.47. The Kier molecular flexibility index (Phi) is 4.40. The van der Waals surface area contributed by atoms with Gasteiger partial charge in [-0.05, 0) is 24.3 Å². The van der Waals surface area contributed by atoms with E-state index in [1.165, 1.54) is 11.8 Å². The lowest BCUT2D eigenvalue weighted by molar-refractivity contribution is 0.355. The SMILES string of the molecule is COc1ccc(N2C(=N)C(c3ccccn3)SC2N)cc1OC. The van der Waals surface area contributed by atoms with Crippen LogP contribution in [0.25, 0.3) is 0 Å². The number of ether oxygens (including phenoxy) is 2. The molecule has 1 aromatic heterocycles. The number of thioether (sulfide) groups is 1. The van der Waals surface area contributed by atoms with Gasteiger partial charge in [0.25, 0.3) is 0 Å². The number of methoxy groups -OCH3 is 2. The number of pyridine rings is 1. The highest BCUT2D eigenvalue weighted by atomic mass is 32.2. The maximum atomic E-state index is 8.51. The maximum absolute atomic E-state index is 8.51. The highest BCUT2D eigenvalue weighted by Gasteiger charge is 2.38. The van der Waals surface area contributed by atoms with Crippen molar-refractivity contribution in [1.82, 2.24) is 4.98 Å². The molecule has 3 N–H and O–H groups in total. The number of hydrogen-bond acceptors (Lipinski definition) is 6. The lowest BCUT2D eigenvalue weighted by Gasteiger charge is -2.23. The Balaban J connectivity index is 1.93. The van der Waals surface area contributed by atoms with Crippen LogP contribution in [0.3, 0.4) is 0 Å². The van der Waals surface area contributed by atoms with Crippen LogP contribution in [-0.4, -0.2) is 30.5 Å². The number of hydrogen-bond donors (Lipinski definition) is 2. The number of aromatic nitrogens is 1. The third kappa shape index (κ3) is 2.85. The molecule has 6 nitrogen and oxygen atoms in total. The van der Waals surface area contributed by atoms with Crippen LogP contribution >= 0.6 is 11.8 Å². The first-order valence-electron chi connectivity index (χ1n) is 7.07. The van der Waals surface area contributed by atoms with Gasteiger partial charge in [-0.2, -0.15) is 0 Å². The normalized spacial score (nSPS) is 20.7. The summed E-state index contributed by atoms with van der Waals surface area (Å²) in [4.78, 5) is 6.13. The number of nitrogens with zero attached hydrogens (tertiary/aromatic N) is 2. The number of rotatable bonds is 4. The van der Waals surface area contributed by atoms with E-state index in [2.05, 4.69) is 4.98 Å². The van der Waals surface area contributed by atoms with E-state index in [-0.39, 0.29) is 10.7 Å². The molecule has 3 rings (SSSR count). The van der Waals surface area contributed by atoms with Gasteiger partial charge in [-0.1, -0.05) is 6.07 Å². The Hall–Kier alpha value is -2.25. The molecule has 0 aliphatic carbocycles. The van der Waals surface area contributed by atoms with E-state index in [1.54, 1.807) is 25.3 Å². The van der Waals surface area contributed by atoms with Gasteiger partial charge in [0.15, 0.2) is 11.5 Å². The fourth-order valence-corrected chi connectivity index (χ4v) is 3.69. The van der Waals surface area contributed by atoms with Crippen molar-refractivity contribution in [3.63, 3.8) is 0 Å². The largest absolute Gasteiger partial charge is 0.493 e. The van der Waals surface area contributed by atoms with Gasteiger partial charge in [-0.3, -0.25) is 10.4 Å². The molecule has 2 unspecified atom stereocenters. The molecule has 0 saturated carbocycles. The first-order valence-corrected chi connectivity index (χ1v) is 8.01. The smallest absolute Gasteiger partial charge is 0.162 e. The van der Waals surface area contributed by atoms with Crippen molar-refractivity contribution >= 4 is 23.3 Å². The molecular formula is C16H18N4O2S. The summed E-state index contributed by atoms with van der Waals surface area (Å²) in [5.41, 5.74) is 7.52. The molecule has 2 atom stereocenters. The van der Waals surface area contributed by atoms with Gasteiger partial charge < -0.3 is 20.1 Å². The summed E-state index contributed by atoms with van der Waals surface area (Å²) in [7, 11) is 3.18. The van der Waals surface area contributed by atoms with Crippen molar-refractivity contribution in [2.24, 2.45) is 5.73 Å². The van der Waals surface area contributed by atoms with Crippen molar-refractivity contribution in [1.29, 1.82) is 5.41 Å². The van der Waals surface area contributed by atoms with E-state index in [9.17, 15) is 0 Å². The molecular weight excluding hydrogens is 312 g/mol. The van der Waals surface area contributed by atoms with Crippen molar-refractivity contribution in [3.8, 4) is 11.5 Å². The lowest BCUT2D eigenvalue weighted by atomic mass is 10.2. The minimum atomic E-state index is -0.354. The predicted molar refractivity (Wildman–Crippen MR) is 92.3 cm³/mol. The minimum Gasteiger partial charge on any atom is -0.493 e. The molecule has 7 heteroatoms. The van der Waals surface area contributed by atoms with Crippen molar-refractivity contribution in [3.05, 3.63) is 48.3 Å². The second-order valence-corrected chi connectivity index (χ2v) is 6.18. The van der Waals surface area contributed by atoms with Crippen LogP contribution in [0.2, 0.25) is 0 Å². The molecule has 2 aromatic rings. The van der Waals surface area contributed by atoms with Gasteiger partial charge in [0.05, 0.1) is 19.9 Å². The molecule has 120 valence electrons. The van der Waals surface area contributed by atoms with Gasteiger partial charge in [-0.25, -0.2) is 0 Å². The van der Waals surface area contributed by atoms with Crippen molar-refractivity contribution in [2.75, 3.05) is 19.1 Å². The molecule has 0 spiro atoms. The molecule has 1 aliphatic rings. The number of nitrogens with one attached hydrogen (secondary N) is 1. The van der Waals surface area contributed by atoms with E-state index in [1.807, 2.05) is 36.4 Å². The lowest BCUT2D eigenvalue weighted by Crippen LogP contribution is -2.38. The summed E-state index contributed by atoms with van der Waals surface area (Å²) in [6, 6.07) is 11.2. The summed E-state index contributed by atoms with van der Waals surface area (Å²) in [5.74, 6) is 1.66. The summed E-state index contributed by atoms with van der Waals surface area (Å²) < 4.78 is 10.6. The standard InChI is InChI=1S/C16H18N4O2S/c1-21-12-7-6-10(9-13(12)22-2)20-15(17)14(23-16(20)18)11-5-3-4-8-19-11/h3-9,14,16-17H,18H2,1-2H3. The van der Waals surface area contributed by atoms with Gasteiger partial charge in [0.2, 0.25) is 0 Å². The number of amidine groups is 1. The van der Waals surface area contributed by atoms with Gasteiger partial charge >= 0.3 is 0 Å². The Morgan fingerprint density at radius 2 is 1.96 bits per heavy atom. The van der Waals surface area contributed by atoms with Crippen molar-refractivity contribution < 1.29 is 9.47 Å². The molecule has 1 aromatic carbocycles. The van der Waals surface area contributed by atoms with E-state index in [4.69, 9.17) is 20.6 Å². The van der Waals surface area contributed by atoms with Crippen LogP contribution in [0.15, 0.2) is 42.6 Å². The Morgan fingerprint density at radius 3 is 2.61 bits per heavy atom. The topological polar surface area (TPSA) is 84.5 Å².